The Labute approximate surface area is 252 Å². The third kappa shape index (κ3) is 28.6. The van der Waals surface area contributed by atoms with Crippen molar-refractivity contribution in [3.63, 3.8) is 0 Å². The van der Waals surface area contributed by atoms with Crippen molar-refractivity contribution in [2.75, 3.05) is 6.61 Å². The average Bonchev–Trinajstić information content (AvgIpc) is 2.97. The highest BCUT2D eigenvalue weighted by Gasteiger charge is 2.17. The van der Waals surface area contributed by atoms with E-state index in [9.17, 15) is 15.0 Å². The van der Waals surface area contributed by atoms with Crippen LogP contribution in [0.3, 0.4) is 0 Å². The van der Waals surface area contributed by atoms with Crippen molar-refractivity contribution in [2.24, 2.45) is 0 Å². The van der Waals surface area contributed by atoms with Crippen LogP contribution in [0, 0.1) is 0 Å². The number of hydrogen-bond acceptors (Lipinski definition) is 3. The maximum Gasteiger partial charge on any atom is 0.220 e. The maximum atomic E-state index is 12.2. The number of amides is 1. The Kier molecular flexibility index (Phi) is 29.7. The monoisotopic (exact) mass is 565 g/mol. The third-order valence-corrected chi connectivity index (χ3v) is 6.29. The highest BCUT2D eigenvalue weighted by atomic mass is 16.3. The summed E-state index contributed by atoms with van der Waals surface area (Å²) in [5.74, 6) is -0.119. The van der Waals surface area contributed by atoms with Gasteiger partial charge in [0.2, 0.25) is 5.91 Å². The van der Waals surface area contributed by atoms with E-state index in [4.69, 9.17) is 0 Å². The van der Waals surface area contributed by atoms with E-state index in [-0.39, 0.29) is 12.5 Å². The highest BCUT2D eigenvalue weighted by molar-refractivity contribution is 5.76. The summed E-state index contributed by atoms with van der Waals surface area (Å²) in [6.07, 6.45) is 47.7. The second-order valence-electron chi connectivity index (χ2n) is 10.1. The molecule has 2 unspecified atom stereocenters. The molecule has 0 aromatic rings. The van der Waals surface area contributed by atoms with Gasteiger partial charge in [0.05, 0.1) is 18.8 Å². The number of allylic oxidation sites excluding steroid dienone is 15. The molecule has 0 saturated heterocycles. The van der Waals surface area contributed by atoms with Gasteiger partial charge >= 0.3 is 0 Å². The first-order valence-corrected chi connectivity index (χ1v) is 16.0. The number of rotatable bonds is 26. The minimum atomic E-state index is -0.887. The van der Waals surface area contributed by atoms with Gasteiger partial charge in [-0.3, -0.25) is 4.79 Å². The molecule has 3 N–H and O–H groups in total. The molecule has 0 spiro atoms. The molecular weight excluding hydrogens is 506 g/mol. The van der Waals surface area contributed by atoms with E-state index in [0.29, 0.717) is 6.42 Å². The zero-order chi connectivity index (χ0) is 30.1. The van der Waals surface area contributed by atoms with E-state index < -0.39 is 12.1 Å². The van der Waals surface area contributed by atoms with Gasteiger partial charge in [0.25, 0.3) is 0 Å². The van der Waals surface area contributed by atoms with Crippen LogP contribution < -0.4 is 5.32 Å². The topological polar surface area (TPSA) is 69.6 Å². The molecule has 0 rings (SSSR count). The number of nitrogens with one attached hydrogen (secondary N) is 1. The van der Waals surface area contributed by atoms with Gasteiger partial charge in [-0.1, -0.05) is 117 Å². The van der Waals surface area contributed by atoms with Crippen molar-refractivity contribution in [1.29, 1.82) is 0 Å². The number of unbranched alkanes of at least 4 members (excludes halogenated alkanes) is 5. The fraction of sp³-hybridized carbons (Fsp3) is 0.541. The standard InChI is InChI=1S/C37H59NO3/c1-3-5-7-9-11-13-15-16-17-18-19-20-21-22-23-25-27-29-31-33-37(41)38-35(34-39)36(40)32-30-28-26-24-14-12-10-8-6-4-2/h5-8,11,13-14,16-17,19-20,22-24,30,32,35-36,39-40H,3-4,9-10,12,15,18,21,25-29,31,33-34H2,1-2H3,(H,38,41)/b7-5-,8-6+,13-11-,17-16-,20-19-,23-22-,24-14+,32-30+. The van der Waals surface area contributed by atoms with Gasteiger partial charge in [-0.05, 0) is 83.5 Å². The van der Waals surface area contributed by atoms with Gasteiger partial charge in [-0.2, -0.15) is 0 Å². The van der Waals surface area contributed by atoms with Gasteiger partial charge in [0.15, 0.2) is 0 Å². The molecule has 0 aromatic heterocycles. The summed E-state index contributed by atoms with van der Waals surface area (Å²) >= 11 is 0. The Balaban J connectivity index is 3.84. The largest absolute Gasteiger partial charge is 0.394 e. The van der Waals surface area contributed by atoms with Crippen LogP contribution in [0.2, 0.25) is 0 Å². The number of aliphatic hydroxyl groups excluding tert-OH is 2. The Morgan fingerprint density at radius 3 is 1.56 bits per heavy atom. The smallest absolute Gasteiger partial charge is 0.220 e. The van der Waals surface area contributed by atoms with Crippen LogP contribution in [0.5, 0.6) is 0 Å². The predicted molar refractivity (Wildman–Crippen MR) is 179 cm³/mol. The van der Waals surface area contributed by atoms with Crippen molar-refractivity contribution in [3.8, 4) is 0 Å². The van der Waals surface area contributed by atoms with Crippen LogP contribution in [0.4, 0.5) is 0 Å². The first-order valence-electron chi connectivity index (χ1n) is 16.0. The van der Waals surface area contributed by atoms with E-state index in [1.54, 1.807) is 6.08 Å². The van der Waals surface area contributed by atoms with Crippen LogP contribution in [-0.4, -0.2) is 34.9 Å². The van der Waals surface area contributed by atoms with Crippen molar-refractivity contribution in [1.82, 2.24) is 5.32 Å². The summed E-state index contributed by atoms with van der Waals surface area (Å²) in [6.45, 7) is 4.00. The minimum absolute atomic E-state index is 0.119. The predicted octanol–water partition coefficient (Wildman–Crippen LogP) is 9.17. The fourth-order valence-corrected chi connectivity index (χ4v) is 3.89. The normalized spacial score (nSPS) is 14.5. The fourth-order valence-electron chi connectivity index (χ4n) is 3.89. The molecule has 0 fully saturated rings. The second kappa shape index (κ2) is 31.8. The Bertz CT molecular complexity index is 829. The van der Waals surface area contributed by atoms with Crippen molar-refractivity contribution in [2.45, 2.75) is 122 Å². The van der Waals surface area contributed by atoms with Gasteiger partial charge < -0.3 is 15.5 Å². The second-order valence-corrected chi connectivity index (χ2v) is 10.1. The molecule has 0 aromatic carbocycles. The lowest BCUT2D eigenvalue weighted by atomic mass is 10.1. The molecule has 0 radical (unpaired) electrons. The lowest BCUT2D eigenvalue weighted by molar-refractivity contribution is -0.123. The number of carbonyl (C=O) groups excluding carboxylic acids is 1. The van der Waals surface area contributed by atoms with Crippen LogP contribution in [-0.2, 0) is 4.79 Å². The molecule has 2 atom stereocenters. The van der Waals surface area contributed by atoms with E-state index in [0.717, 1.165) is 89.9 Å². The highest BCUT2D eigenvalue weighted by Crippen LogP contribution is 2.06. The molecular formula is C37H59NO3. The molecule has 0 bridgehead atoms. The first kappa shape index (κ1) is 38.3. The summed E-state index contributed by atoms with van der Waals surface area (Å²) in [5, 5.41) is 22.7. The molecule has 0 aliphatic rings. The molecule has 230 valence electrons. The van der Waals surface area contributed by atoms with E-state index in [1.165, 1.54) is 0 Å². The van der Waals surface area contributed by atoms with E-state index >= 15 is 0 Å². The summed E-state index contributed by atoms with van der Waals surface area (Å²) < 4.78 is 0. The van der Waals surface area contributed by atoms with Gasteiger partial charge in [0, 0.05) is 6.42 Å². The minimum Gasteiger partial charge on any atom is -0.394 e. The summed E-state index contributed by atoms with van der Waals surface area (Å²) in [5.41, 5.74) is 0. The van der Waals surface area contributed by atoms with Crippen molar-refractivity contribution in [3.05, 3.63) is 97.2 Å². The molecule has 0 heterocycles. The number of hydrogen-bond donors (Lipinski definition) is 3. The molecule has 0 aliphatic heterocycles. The Morgan fingerprint density at radius 2 is 1.02 bits per heavy atom. The van der Waals surface area contributed by atoms with Crippen LogP contribution in [0.15, 0.2) is 97.2 Å². The third-order valence-electron chi connectivity index (χ3n) is 6.29. The molecule has 0 saturated carbocycles. The zero-order valence-electron chi connectivity index (χ0n) is 26.0. The first-order chi connectivity index (χ1) is 20.2. The van der Waals surface area contributed by atoms with Crippen LogP contribution in [0.25, 0.3) is 0 Å². The van der Waals surface area contributed by atoms with E-state index in [1.807, 2.05) is 6.08 Å². The summed E-state index contributed by atoms with van der Waals surface area (Å²) in [6, 6.07) is -0.666. The molecule has 4 heteroatoms. The van der Waals surface area contributed by atoms with Crippen LogP contribution in [0.1, 0.15) is 110 Å². The number of aliphatic hydroxyl groups is 2. The van der Waals surface area contributed by atoms with Crippen molar-refractivity contribution >= 4 is 5.91 Å². The molecule has 4 nitrogen and oxygen atoms in total. The Hall–Kier alpha value is -2.69. The molecule has 1 amide bonds. The zero-order valence-corrected chi connectivity index (χ0v) is 26.0. The SMILES string of the molecule is CC/C=C\C/C=C\C/C=C\C/C=C\C/C=C\CCCCCC(=O)NC(CO)C(O)/C=C/CC/C=C/CC/C=C/CC. The molecule has 0 aliphatic carbocycles. The summed E-state index contributed by atoms with van der Waals surface area (Å²) in [7, 11) is 0. The Morgan fingerprint density at radius 1 is 0.585 bits per heavy atom. The average molecular weight is 566 g/mol. The van der Waals surface area contributed by atoms with Crippen LogP contribution >= 0.6 is 0 Å². The molecule has 41 heavy (non-hydrogen) atoms. The maximum absolute atomic E-state index is 12.2. The lowest BCUT2D eigenvalue weighted by Crippen LogP contribution is -2.45. The van der Waals surface area contributed by atoms with Gasteiger partial charge in [-0.15, -0.1) is 0 Å². The summed E-state index contributed by atoms with van der Waals surface area (Å²) in [4.78, 5) is 12.2. The van der Waals surface area contributed by atoms with Gasteiger partial charge in [0.1, 0.15) is 0 Å². The van der Waals surface area contributed by atoms with Gasteiger partial charge in [-0.25, -0.2) is 0 Å². The van der Waals surface area contributed by atoms with E-state index in [2.05, 4.69) is 104 Å². The lowest BCUT2D eigenvalue weighted by Gasteiger charge is -2.19. The van der Waals surface area contributed by atoms with Crippen molar-refractivity contribution < 1.29 is 15.0 Å². The number of carbonyl (C=O) groups is 1. The quantitative estimate of drug-likeness (QED) is 0.0723.